The normalized spacial score (nSPS) is 18.5. The van der Waals surface area contributed by atoms with Crippen LogP contribution in [0.3, 0.4) is 0 Å². The molecule has 0 spiro atoms. The third-order valence-electron chi connectivity index (χ3n) is 2.83. The van der Waals surface area contributed by atoms with Gasteiger partial charge >= 0.3 is 0 Å². The number of carbonyl (C=O) groups excluding carboxylic acids is 1. The van der Waals surface area contributed by atoms with Crippen LogP contribution in [-0.4, -0.2) is 31.7 Å². The van der Waals surface area contributed by atoms with Gasteiger partial charge in [0.15, 0.2) is 0 Å². The van der Waals surface area contributed by atoms with Crippen molar-refractivity contribution >= 4 is 24.0 Å². The van der Waals surface area contributed by atoms with Gasteiger partial charge in [0.05, 0.1) is 18.9 Å². The van der Waals surface area contributed by atoms with Crippen LogP contribution in [0.5, 0.6) is 0 Å². The highest BCUT2D eigenvalue weighted by atomic mass is 35.5. The lowest BCUT2D eigenvalue weighted by molar-refractivity contribution is -0.117. The standard InChI is InChI=1S/C13H17FN2O2.ClH/c1-9-2-3-11(14)12(6-9)16-13(17)7-10-8-18-5-4-15-10;/h2-3,6,10,15H,4-5,7-8H2,1H3,(H,16,17);1H. The molecule has 4 nitrogen and oxygen atoms in total. The third kappa shape index (κ3) is 4.78. The average Bonchev–Trinajstić information content (AvgIpc) is 2.35. The first kappa shape index (κ1) is 15.9. The van der Waals surface area contributed by atoms with E-state index in [4.69, 9.17) is 4.74 Å². The van der Waals surface area contributed by atoms with Gasteiger partial charge in [-0.15, -0.1) is 12.4 Å². The number of halogens is 2. The third-order valence-corrected chi connectivity index (χ3v) is 2.83. The zero-order valence-electron chi connectivity index (χ0n) is 10.7. The summed E-state index contributed by atoms with van der Waals surface area (Å²) in [6.07, 6.45) is 0.285. The minimum absolute atomic E-state index is 0. The fourth-order valence-electron chi connectivity index (χ4n) is 1.91. The lowest BCUT2D eigenvalue weighted by Crippen LogP contribution is -2.43. The second-order valence-corrected chi connectivity index (χ2v) is 4.46. The molecule has 1 aromatic rings. The summed E-state index contributed by atoms with van der Waals surface area (Å²) in [5.74, 6) is -0.621. The lowest BCUT2D eigenvalue weighted by atomic mass is 10.1. The molecule has 0 aliphatic carbocycles. The number of anilines is 1. The van der Waals surface area contributed by atoms with Crippen LogP contribution in [0.15, 0.2) is 18.2 Å². The van der Waals surface area contributed by atoms with E-state index >= 15 is 0 Å². The predicted octanol–water partition coefficient (Wildman–Crippen LogP) is 1.87. The summed E-state index contributed by atoms with van der Waals surface area (Å²) in [6, 6.07) is 4.65. The van der Waals surface area contributed by atoms with Crippen molar-refractivity contribution in [2.24, 2.45) is 0 Å². The minimum atomic E-state index is -0.415. The number of hydrogen-bond donors (Lipinski definition) is 2. The largest absolute Gasteiger partial charge is 0.378 e. The Labute approximate surface area is 118 Å². The van der Waals surface area contributed by atoms with E-state index in [0.29, 0.717) is 13.2 Å². The van der Waals surface area contributed by atoms with E-state index in [1.165, 1.54) is 6.07 Å². The van der Waals surface area contributed by atoms with Crippen LogP contribution in [0.1, 0.15) is 12.0 Å². The molecule has 1 unspecified atom stereocenters. The quantitative estimate of drug-likeness (QED) is 0.893. The molecule has 0 radical (unpaired) electrons. The molecule has 1 atom stereocenters. The Morgan fingerprint density at radius 1 is 1.58 bits per heavy atom. The van der Waals surface area contributed by atoms with Crippen LogP contribution < -0.4 is 10.6 Å². The average molecular weight is 289 g/mol. The maximum Gasteiger partial charge on any atom is 0.226 e. The van der Waals surface area contributed by atoms with Gasteiger partial charge in [-0.2, -0.15) is 0 Å². The summed E-state index contributed by atoms with van der Waals surface area (Å²) < 4.78 is 18.7. The summed E-state index contributed by atoms with van der Waals surface area (Å²) in [6.45, 7) is 3.79. The van der Waals surface area contributed by atoms with Crippen molar-refractivity contribution in [1.82, 2.24) is 5.32 Å². The maximum atomic E-state index is 13.5. The zero-order chi connectivity index (χ0) is 13.0. The Kier molecular flexibility index (Phi) is 6.21. The number of ether oxygens (including phenoxy) is 1. The number of hydrogen-bond acceptors (Lipinski definition) is 3. The molecule has 106 valence electrons. The minimum Gasteiger partial charge on any atom is -0.378 e. The highest BCUT2D eigenvalue weighted by molar-refractivity contribution is 5.91. The van der Waals surface area contributed by atoms with Gasteiger partial charge in [-0.3, -0.25) is 4.79 Å². The second-order valence-electron chi connectivity index (χ2n) is 4.46. The van der Waals surface area contributed by atoms with Crippen molar-refractivity contribution in [2.75, 3.05) is 25.1 Å². The molecule has 19 heavy (non-hydrogen) atoms. The second kappa shape index (κ2) is 7.43. The van der Waals surface area contributed by atoms with Crippen molar-refractivity contribution in [1.29, 1.82) is 0 Å². The lowest BCUT2D eigenvalue weighted by Gasteiger charge is -2.23. The van der Waals surface area contributed by atoms with Gasteiger partial charge in [0.25, 0.3) is 0 Å². The molecule has 6 heteroatoms. The molecule has 1 amide bonds. The molecule has 0 bridgehead atoms. The van der Waals surface area contributed by atoms with E-state index in [-0.39, 0.29) is 36.5 Å². The van der Waals surface area contributed by atoms with E-state index in [2.05, 4.69) is 10.6 Å². The molecule has 1 aliphatic heterocycles. The van der Waals surface area contributed by atoms with Crippen LogP contribution in [0.25, 0.3) is 0 Å². The molecule has 2 rings (SSSR count). The van der Waals surface area contributed by atoms with Crippen molar-refractivity contribution < 1.29 is 13.9 Å². The van der Waals surface area contributed by atoms with Crippen LogP contribution in [-0.2, 0) is 9.53 Å². The first-order valence-corrected chi connectivity index (χ1v) is 6.02. The van der Waals surface area contributed by atoms with E-state index in [1.807, 2.05) is 6.92 Å². The van der Waals surface area contributed by atoms with Crippen LogP contribution in [0, 0.1) is 12.7 Å². The number of amides is 1. The molecule has 1 saturated heterocycles. The fourth-order valence-corrected chi connectivity index (χ4v) is 1.91. The number of carbonyl (C=O) groups is 1. The number of benzene rings is 1. The molecule has 1 aromatic carbocycles. The molecule has 1 fully saturated rings. The molecule has 0 saturated carbocycles. The van der Waals surface area contributed by atoms with Crippen molar-refractivity contribution in [3.05, 3.63) is 29.6 Å². The molecule has 1 heterocycles. The Morgan fingerprint density at radius 2 is 2.37 bits per heavy atom. The van der Waals surface area contributed by atoms with E-state index in [9.17, 15) is 9.18 Å². The smallest absolute Gasteiger partial charge is 0.226 e. The topological polar surface area (TPSA) is 50.4 Å². The highest BCUT2D eigenvalue weighted by Gasteiger charge is 2.17. The monoisotopic (exact) mass is 288 g/mol. The van der Waals surface area contributed by atoms with E-state index in [0.717, 1.165) is 12.1 Å². The van der Waals surface area contributed by atoms with Gasteiger partial charge < -0.3 is 15.4 Å². The number of rotatable bonds is 3. The Morgan fingerprint density at radius 3 is 3.05 bits per heavy atom. The Bertz CT molecular complexity index is 437. The summed E-state index contributed by atoms with van der Waals surface area (Å²) in [7, 11) is 0. The summed E-state index contributed by atoms with van der Waals surface area (Å²) >= 11 is 0. The number of morpholine rings is 1. The van der Waals surface area contributed by atoms with Gasteiger partial charge in [0, 0.05) is 19.0 Å². The summed E-state index contributed by atoms with van der Waals surface area (Å²) in [4.78, 5) is 11.8. The maximum absolute atomic E-state index is 13.5. The SMILES string of the molecule is Cc1ccc(F)c(NC(=O)CC2COCCN2)c1.Cl. The van der Waals surface area contributed by atoms with Crippen LogP contribution in [0.4, 0.5) is 10.1 Å². The molecule has 1 aliphatic rings. The molecular formula is C13H18ClFN2O2. The van der Waals surface area contributed by atoms with Crippen molar-refractivity contribution in [2.45, 2.75) is 19.4 Å². The fraction of sp³-hybridized carbons (Fsp3) is 0.462. The zero-order valence-corrected chi connectivity index (χ0v) is 11.6. The van der Waals surface area contributed by atoms with E-state index < -0.39 is 5.82 Å². The van der Waals surface area contributed by atoms with Gasteiger partial charge in [0.1, 0.15) is 5.82 Å². The van der Waals surface area contributed by atoms with Crippen molar-refractivity contribution in [3.8, 4) is 0 Å². The van der Waals surface area contributed by atoms with Crippen LogP contribution in [0.2, 0.25) is 0 Å². The van der Waals surface area contributed by atoms with Gasteiger partial charge in [-0.1, -0.05) is 6.07 Å². The summed E-state index contributed by atoms with van der Waals surface area (Å²) in [5.41, 5.74) is 1.14. The van der Waals surface area contributed by atoms with Crippen molar-refractivity contribution in [3.63, 3.8) is 0 Å². The van der Waals surface area contributed by atoms with E-state index in [1.54, 1.807) is 12.1 Å². The first-order chi connectivity index (χ1) is 8.65. The van der Waals surface area contributed by atoms with Gasteiger partial charge in [-0.25, -0.2) is 4.39 Å². The first-order valence-electron chi connectivity index (χ1n) is 6.02. The molecule has 0 aromatic heterocycles. The Hall–Kier alpha value is -1.17. The Balaban J connectivity index is 0.00000180. The van der Waals surface area contributed by atoms with Gasteiger partial charge in [0.2, 0.25) is 5.91 Å². The predicted molar refractivity (Wildman–Crippen MR) is 74.2 cm³/mol. The molecule has 2 N–H and O–H groups in total. The van der Waals surface area contributed by atoms with Gasteiger partial charge in [-0.05, 0) is 24.6 Å². The van der Waals surface area contributed by atoms with Crippen LogP contribution >= 0.6 is 12.4 Å². The number of nitrogens with one attached hydrogen (secondary N) is 2. The molecular weight excluding hydrogens is 271 g/mol. The highest BCUT2D eigenvalue weighted by Crippen LogP contribution is 2.16. The number of aryl methyl sites for hydroxylation is 1. The summed E-state index contributed by atoms with van der Waals surface area (Å²) in [5, 5.41) is 5.77.